The van der Waals surface area contributed by atoms with Crippen molar-refractivity contribution in [3.63, 3.8) is 0 Å². The fourth-order valence-corrected chi connectivity index (χ4v) is 2.54. The Kier molecular flexibility index (Phi) is 5.18. The van der Waals surface area contributed by atoms with E-state index in [0.717, 1.165) is 4.90 Å². The Morgan fingerprint density at radius 2 is 2.18 bits per heavy atom. The van der Waals surface area contributed by atoms with Gasteiger partial charge < -0.3 is 9.84 Å². The van der Waals surface area contributed by atoms with Crippen LogP contribution in [0.1, 0.15) is 31.4 Å². The highest BCUT2D eigenvalue weighted by molar-refractivity contribution is 5.95. The van der Waals surface area contributed by atoms with Crippen LogP contribution in [-0.2, 0) is 9.53 Å². The first-order valence-electron chi connectivity index (χ1n) is 7.22. The van der Waals surface area contributed by atoms with Crippen LogP contribution in [0, 0.1) is 18.3 Å². The number of nitrogens with zero attached hydrogens (tertiary/aromatic N) is 1. The topological polar surface area (TPSA) is 66.8 Å². The van der Waals surface area contributed by atoms with Gasteiger partial charge in [-0.15, -0.1) is 12.3 Å². The highest BCUT2D eigenvalue weighted by atomic mass is 16.6. The predicted molar refractivity (Wildman–Crippen MR) is 80.6 cm³/mol. The lowest BCUT2D eigenvalue weighted by atomic mass is 9.90. The first-order chi connectivity index (χ1) is 10.6. The number of terminal acetylenes is 1. The summed E-state index contributed by atoms with van der Waals surface area (Å²) in [6, 6.07) is 8.55. The lowest BCUT2D eigenvalue weighted by Gasteiger charge is -2.26. The van der Waals surface area contributed by atoms with Crippen molar-refractivity contribution in [2.75, 3.05) is 6.61 Å². The van der Waals surface area contributed by atoms with Gasteiger partial charge in [-0.25, -0.2) is 9.69 Å². The number of imide groups is 1. The van der Waals surface area contributed by atoms with Crippen molar-refractivity contribution >= 4 is 12.0 Å². The summed E-state index contributed by atoms with van der Waals surface area (Å²) in [6.45, 7) is 1.91. The molecule has 1 N–H and O–H groups in total. The van der Waals surface area contributed by atoms with Gasteiger partial charge in [0.1, 0.15) is 6.61 Å². The van der Waals surface area contributed by atoms with Crippen LogP contribution < -0.4 is 0 Å². The van der Waals surface area contributed by atoms with Crippen LogP contribution in [0.2, 0.25) is 0 Å². The lowest BCUT2D eigenvalue weighted by molar-refractivity contribution is -0.137. The van der Waals surface area contributed by atoms with E-state index >= 15 is 0 Å². The zero-order chi connectivity index (χ0) is 16.1. The molecule has 1 aromatic rings. The summed E-state index contributed by atoms with van der Waals surface area (Å²) >= 11 is 0. The van der Waals surface area contributed by atoms with Gasteiger partial charge >= 0.3 is 6.09 Å². The minimum absolute atomic E-state index is 0.174. The van der Waals surface area contributed by atoms with Crippen LogP contribution in [0.15, 0.2) is 30.3 Å². The van der Waals surface area contributed by atoms with E-state index in [1.807, 2.05) is 6.07 Å². The monoisotopic (exact) mass is 301 g/mol. The van der Waals surface area contributed by atoms with Gasteiger partial charge in [0.25, 0.3) is 0 Å². The van der Waals surface area contributed by atoms with Gasteiger partial charge in [-0.3, -0.25) is 4.79 Å². The molecule has 22 heavy (non-hydrogen) atoms. The lowest BCUT2D eigenvalue weighted by Crippen LogP contribution is -2.43. The van der Waals surface area contributed by atoms with E-state index in [1.54, 1.807) is 31.2 Å². The maximum atomic E-state index is 12.7. The molecule has 0 radical (unpaired) electrons. The number of carbonyl (C=O) groups is 2. The van der Waals surface area contributed by atoms with E-state index in [1.165, 1.54) is 0 Å². The molecule has 2 rings (SSSR count). The van der Waals surface area contributed by atoms with Crippen molar-refractivity contribution in [3.8, 4) is 12.3 Å². The molecule has 0 aromatic heterocycles. The van der Waals surface area contributed by atoms with Gasteiger partial charge in [0.15, 0.2) is 0 Å². The number of rotatable bonds is 5. The molecule has 1 heterocycles. The number of cyclic esters (lactones) is 1. The standard InChI is InChI=1S/C17H19NO4/c1-3-4-10-14(15(19)13-8-6-5-7-9-13)16(20)18-12(2)11-22-17(18)21/h1,5-9,12,14-15,19H,4,10-11H2,2H3/t12-,14+,15+/m0/s1. The molecule has 0 unspecified atom stereocenters. The number of hydrogen-bond acceptors (Lipinski definition) is 4. The molecular weight excluding hydrogens is 282 g/mol. The third kappa shape index (κ3) is 3.29. The fraction of sp³-hybridized carbons (Fsp3) is 0.412. The van der Waals surface area contributed by atoms with E-state index in [2.05, 4.69) is 5.92 Å². The second-order valence-electron chi connectivity index (χ2n) is 5.34. The smallest absolute Gasteiger partial charge is 0.416 e. The normalized spacial score (nSPS) is 20.1. The quantitative estimate of drug-likeness (QED) is 0.846. The zero-order valence-electron chi connectivity index (χ0n) is 12.4. The van der Waals surface area contributed by atoms with Crippen LogP contribution in [0.25, 0.3) is 0 Å². The number of aliphatic hydroxyl groups is 1. The summed E-state index contributed by atoms with van der Waals surface area (Å²) in [4.78, 5) is 25.5. The summed E-state index contributed by atoms with van der Waals surface area (Å²) in [7, 11) is 0. The molecule has 2 amide bonds. The molecule has 5 nitrogen and oxygen atoms in total. The van der Waals surface area contributed by atoms with Gasteiger partial charge in [0.2, 0.25) is 5.91 Å². The van der Waals surface area contributed by atoms with Crippen molar-refractivity contribution in [1.82, 2.24) is 4.90 Å². The Morgan fingerprint density at radius 3 is 2.73 bits per heavy atom. The van der Waals surface area contributed by atoms with Gasteiger partial charge in [-0.05, 0) is 18.9 Å². The fourth-order valence-electron chi connectivity index (χ4n) is 2.54. The summed E-state index contributed by atoms with van der Waals surface area (Å²) in [5.74, 6) is 1.26. The van der Waals surface area contributed by atoms with Crippen molar-refractivity contribution in [3.05, 3.63) is 35.9 Å². The predicted octanol–water partition coefficient (Wildman–Crippen LogP) is 2.12. The van der Waals surface area contributed by atoms with E-state index in [9.17, 15) is 14.7 Å². The van der Waals surface area contributed by atoms with E-state index in [-0.39, 0.29) is 12.6 Å². The molecule has 1 aromatic carbocycles. The SMILES string of the molecule is C#CCC[C@@H](C(=O)N1C(=O)OC[C@@H]1C)[C@H](O)c1ccccc1. The van der Waals surface area contributed by atoms with Gasteiger partial charge in [0, 0.05) is 6.42 Å². The van der Waals surface area contributed by atoms with Crippen LogP contribution in [0.5, 0.6) is 0 Å². The molecule has 0 saturated carbocycles. The Bertz CT molecular complexity index is 578. The van der Waals surface area contributed by atoms with Gasteiger partial charge in [-0.2, -0.15) is 0 Å². The zero-order valence-corrected chi connectivity index (χ0v) is 12.4. The minimum Gasteiger partial charge on any atom is -0.447 e. The molecule has 1 aliphatic rings. The summed E-state index contributed by atoms with van der Waals surface area (Å²) in [5.41, 5.74) is 0.623. The molecule has 0 aliphatic carbocycles. The average Bonchev–Trinajstić information content (AvgIpc) is 2.87. The van der Waals surface area contributed by atoms with E-state index in [4.69, 9.17) is 11.2 Å². The Hall–Kier alpha value is -2.32. The molecule has 1 aliphatic heterocycles. The third-order valence-corrected chi connectivity index (χ3v) is 3.76. The second-order valence-corrected chi connectivity index (χ2v) is 5.34. The molecule has 3 atom stereocenters. The first-order valence-corrected chi connectivity index (χ1v) is 7.22. The van der Waals surface area contributed by atoms with Crippen molar-refractivity contribution < 1.29 is 19.4 Å². The van der Waals surface area contributed by atoms with Crippen LogP contribution >= 0.6 is 0 Å². The minimum atomic E-state index is -1.01. The molecule has 5 heteroatoms. The average molecular weight is 301 g/mol. The van der Waals surface area contributed by atoms with Crippen LogP contribution in [0.4, 0.5) is 4.79 Å². The largest absolute Gasteiger partial charge is 0.447 e. The number of ether oxygens (including phenoxy) is 1. The Morgan fingerprint density at radius 1 is 1.50 bits per heavy atom. The van der Waals surface area contributed by atoms with E-state index in [0.29, 0.717) is 18.4 Å². The summed E-state index contributed by atoms with van der Waals surface area (Å²) in [6.07, 6.45) is 4.25. The number of benzene rings is 1. The molecule has 116 valence electrons. The van der Waals surface area contributed by atoms with Crippen LogP contribution in [-0.4, -0.2) is 34.7 Å². The summed E-state index contributed by atoms with van der Waals surface area (Å²) < 4.78 is 4.88. The van der Waals surface area contributed by atoms with E-state index < -0.39 is 24.0 Å². The second kappa shape index (κ2) is 7.10. The Labute approximate surface area is 129 Å². The summed E-state index contributed by atoms with van der Waals surface area (Å²) in [5, 5.41) is 10.5. The van der Waals surface area contributed by atoms with Crippen molar-refractivity contribution in [1.29, 1.82) is 0 Å². The first kappa shape index (κ1) is 16.1. The number of carbonyl (C=O) groups excluding carboxylic acids is 2. The number of aliphatic hydroxyl groups excluding tert-OH is 1. The number of hydrogen-bond donors (Lipinski definition) is 1. The van der Waals surface area contributed by atoms with Gasteiger partial charge in [0.05, 0.1) is 18.1 Å². The number of amides is 2. The van der Waals surface area contributed by atoms with Crippen molar-refractivity contribution in [2.24, 2.45) is 5.92 Å². The molecule has 1 saturated heterocycles. The maximum Gasteiger partial charge on any atom is 0.416 e. The maximum absolute atomic E-state index is 12.7. The molecule has 0 spiro atoms. The molecule has 0 bridgehead atoms. The molecular formula is C17H19NO4. The van der Waals surface area contributed by atoms with Gasteiger partial charge in [-0.1, -0.05) is 30.3 Å². The van der Waals surface area contributed by atoms with Crippen molar-refractivity contribution in [2.45, 2.75) is 31.9 Å². The Balaban J connectivity index is 2.24. The highest BCUT2D eigenvalue weighted by Crippen LogP contribution is 2.29. The third-order valence-electron chi connectivity index (χ3n) is 3.76. The van der Waals surface area contributed by atoms with Crippen LogP contribution in [0.3, 0.4) is 0 Å². The highest BCUT2D eigenvalue weighted by Gasteiger charge is 2.40. The molecule has 1 fully saturated rings.